The number of carbonyl (C=O) groups is 1. The van der Waals surface area contributed by atoms with Gasteiger partial charge in [-0.3, -0.25) is 4.79 Å². The molecule has 3 nitrogen and oxygen atoms in total. The van der Waals surface area contributed by atoms with Gasteiger partial charge >= 0.3 is 0 Å². The van der Waals surface area contributed by atoms with E-state index in [-0.39, 0.29) is 12.4 Å². The van der Waals surface area contributed by atoms with Crippen LogP contribution in [0.15, 0.2) is 0 Å². The van der Waals surface area contributed by atoms with Gasteiger partial charge in [0.1, 0.15) is 0 Å². The summed E-state index contributed by atoms with van der Waals surface area (Å²) in [6.45, 7) is 7.39. The molecule has 1 fully saturated rings. The van der Waals surface area contributed by atoms with Gasteiger partial charge in [-0.05, 0) is 44.0 Å². The number of halogens is 1. The van der Waals surface area contributed by atoms with Crippen LogP contribution in [-0.2, 0) is 4.79 Å². The van der Waals surface area contributed by atoms with Crippen LogP contribution in [0.1, 0.15) is 26.7 Å². The average molecular weight is 295 g/mol. The van der Waals surface area contributed by atoms with Crippen LogP contribution in [0.5, 0.6) is 0 Å². The molecule has 0 bridgehead atoms. The van der Waals surface area contributed by atoms with Crippen molar-refractivity contribution >= 4 is 30.1 Å². The molecule has 0 aromatic rings. The fraction of sp³-hybridized carbons (Fsp3) is 0.923. The molecule has 1 unspecified atom stereocenters. The molecule has 1 atom stereocenters. The lowest BCUT2D eigenvalue weighted by Gasteiger charge is -2.16. The zero-order valence-electron chi connectivity index (χ0n) is 11.8. The number of nitrogens with zero attached hydrogens (tertiary/aromatic N) is 1. The molecule has 1 heterocycles. The number of nitrogens with one attached hydrogen (secondary N) is 1. The summed E-state index contributed by atoms with van der Waals surface area (Å²) in [4.78, 5) is 14.0. The highest BCUT2D eigenvalue weighted by Crippen LogP contribution is 2.17. The highest BCUT2D eigenvalue weighted by Gasteiger charge is 2.25. The molecular weight excluding hydrogens is 268 g/mol. The van der Waals surface area contributed by atoms with Crippen molar-refractivity contribution < 1.29 is 4.79 Å². The molecule has 1 N–H and O–H groups in total. The molecule has 1 aliphatic rings. The number of rotatable bonds is 7. The summed E-state index contributed by atoms with van der Waals surface area (Å²) in [6, 6.07) is 0. The minimum absolute atomic E-state index is 0. The van der Waals surface area contributed by atoms with E-state index >= 15 is 0 Å². The maximum absolute atomic E-state index is 11.9. The Morgan fingerprint density at radius 1 is 1.50 bits per heavy atom. The minimum atomic E-state index is 0. The Labute approximate surface area is 122 Å². The molecule has 5 heteroatoms. The first-order chi connectivity index (χ1) is 8.13. The summed E-state index contributed by atoms with van der Waals surface area (Å²) in [5.74, 6) is 3.50. The monoisotopic (exact) mass is 294 g/mol. The topological polar surface area (TPSA) is 32.3 Å². The molecule has 0 saturated carbocycles. The first-order valence-corrected chi connectivity index (χ1v) is 7.79. The van der Waals surface area contributed by atoms with Gasteiger partial charge in [-0.1, -0.05) is 13.8 Å². The van der Waals surface area contributed by atoms with Crippen LogP contribution in [0.25, 0.3) is 0 Å². The standard InChI is InChI=1S/C13H26N2OS.ClH/c1-11(2)5-7-17-10-13(16)15-6-4-12(9-15)8-14-3;/h11-12,14H,4-10H2,1-3H3;1H. The third-order valence-corrected chi connectivity index (χ3v) is 4.17. The SMILES string of the molecule is CNCC1CCN(C(=O)CSCCC(C)C)C1.Cl. The van der Waals surface area contributed by atoms with E-state index in [4.69, 9.17) is 0 Å². The summed E-state index contributed by atoms with van der Waals surface area (Å²) >= 11 is 1.78. The zero-order chi connectivity index (χ0) is 12.7. The largest absolute Gasteiger partial charge is 0.342 e. The fourth-order valence-electron chi connectivity index (χ4n) is 2.08. The predicted molar refractivity (Wildman–Crippen MR) is 82.6 cm³/mol. The molecule has 18 heavy (non-hydrogen) atoms. The molecule has 0 aromatic heterocycles. The Morgan fingerprint density at radius 3 is 2.83 bits per heavy atom. The third-order valence-electron chi connectivity index (χ3n) is 3.20. The van der Waals surface area contributed by atoms with E-state index in [1.54, 1.807) is 11.8 Å². The van der Waals surface area contributed by atoms with Gasteiger partial charge in [0, 0.05) is 13.1 Å². The third kappa shape index (κ3) is 6.86. The van der Waals surface area contributed by atoms with Crippen molar-refractivity contribution in [3.8, 4) is 0 Å². The Hall–Kier alpha value is 0.0700. The van der Waals surface area contributed by atoms with Crippen LogP contribution in [0.3, 0.4) is 0 Å². The summed E-state index contributed by atoms with van der Waals surface area (Å²) in [5.41, 5.74) is 0. The second-order valence-corrected chi connectivity index (χ2v) is 6.39. The Kier molecular flexibility index (Phi) is 9.97. The summed E-state index contributed by atoms with van der Waals surface area (Å²) in [6.07, 6.45) is 2.36. The van der Waals surface area contributed by atoms with Crippen molar-refractivity contribution in [2.24, 2.45) is 11.8 Å². The van der Waals surface area contributed by atoms with E-state index in [1.165, 1.54) is 6.42 Å². The number of thioether (sulfide) groups is 1. The highest BCUT2D eigenvalue weighted by molar-refractivity contribution is 7.99. The van der Waals surface area contributed by atoms with Crippen LogP contribution in [0, 0.1) is 11.8 Å². The Bertz CT molecular complexity index is 239. The van der Waals surface area contributed by atoms with Crippen molar-refractivity contribution in [2.75, 3.05) is 38.2 Å². The fourth-order valence-corrected chi connectivity index (χ4v) is 3.22. The molecule has 0 aliphatic carbocycles. The lowest BCUT2D eigenvalue weighted by atomic mass is 10.1. The number of amides is 1. The maximum Gasteiger partial charge on any atom is 0.232 e. The average Bonchev–Trinajstić information content (AvgIpc) is 2.73. The summed E-state index contributed by atoms with van der Waals surface area (Å²) < 4.78 is 0. The second-order valence-electron chi connectivity index (χ2n) is 5.29. The minimum Gasteiger partial charge on any atom is -0.342 e. The zero-order valence-corrected chi connectivity index (χ0v) is 13.4. The lowest BCUT2D eigenvalue weighted by molar-refractivity contribution is -0.127. The molecule has 0 aromatic carbocycles. The molecule has 1 saturated heterocycles. The molecule has 1 amide bonds. The number of carbonyl (C=O) groups excluding carboxylic acids is 1. The van der Waals surface area contributed by atoms with Crippen molar-refractivity contribution in [3.63, 3.8) is 0 Å². The van der Waals surface area contributed by atoms with Gasteiger partial charge in [0.15, 0.2) is 0 Å². The van der Waals surface area contributed by atoms with Crippen LogP contribution in [-0.4, -0.2) is 49.0 Å². The number of hydrogen-bond donors (Lipinski definition) is 1. The van der Waals surface area contributed by atoms with E-state index < -0.39 is 0 Å². The molecule has 1 aliphatic heterocycles. The lowest BCUT2D eigenvalue weighted by Crippen LogP contribution is -2.31. The van der Waals surface area contributed by atoms with Gasteiger partial charge in [0.05, 0.1) is 5.75 Å². The van der Waals surface area contributed by atoms with Crippen LogP contribution in [0.2, 0.25) is 0 Å². The highest BCUT2D eigenvalue weighted by atomic mass is 35.5. The number of likely N-dealkylation sites (tertiary alicyclic amines) is 1. The summed E-state index contributed by atoms with van der Waals surface area (Å²) in [5, 5.41) is 3.19. The van der Waals surface area contributed by atoms with Crippen LogP contribution in [0.4, 0.5) is 0 Å². The Balaban J connectivity index is 0.00000289. The van der Waals surface area contributed by atoms with Gasteiger partial charge in [0.25, 0.3) is 0 Å². The first-order valence-electron chi connectivity index (χ1n) is 6.63. The molecule has 1 rings (SSSR count). The molecule has 0 spiro atoms. The van der Waals surface area contributed by atoms with E-state index in [9.17, 15) is 4.79 Å². The van der Waals surface area contributed by atoms with Gasteiger partial charge in [-0.15, -0.1) is 12.4 Å². The number of hydrogen-bond acceptors (Lipinski definition) is 3. The van der Waals surface area contributed by atoms with Gasteiger partial charge in [-0.2, -0.15) is 11.8 Å². The quantitative estimate of drug-likeness (QED) is 0.731. The predicted octanol–water partition coefficient (Wildman–Crippen LogP) is 2.26. The van der Waals surface area contributed by atoms with E-state index in [1.807, 2.05) is 11.9 Å². The van der Waals surface area contributed by atoms with Crippen molar-refractivity contribution in [3.05, 3.63) is 0 Å². The first kappa shape index (κ1) is 18.1. The van der Waals surface area contributed by atoms with E-state index in [2.05, 4.69) is 19.2 Å². The maximum atomic E-state index is 11.9. The smallest absolute Gasteiger partial charge is 0.232 e. The normalized spacial score (nSPS) is 19.1. The van der Waals surface area contributed by atoms with Gasteiger partial charge < -0.3 is 10.2 Å². The van der Waals surface area contributed by atoms with Crippen LogP contribution < -0.4 is 5.32 Å². The second kappa shape index (κ2) is 9.93. The Morgan fingerprint density at radius 2 is 2.22 bits per heavy atom. The van der Waals surface area contributed by atoms with E-state index in [0.717, 1.165) is 37.7 Å². The van der Waals surface area contributed by atoms with E-state index in [0.29, 0.717) is 17.6 Å². The van der Waals surface area contributed by atoms with Gasteiger partial charge in [-0.25, -0.2) is 0 Å². The van der Waals surface area contributed by atoms with Crippen molar-refractivity contribution in [1.82, 2.24) is 10.2 Å². The van der Waals surface area contributed by atoms with Crippen LogP contribution >= 0.6 is 24.2 Å². The summed E-state index contributed by atoms with van der Waals surface area (Å²) in [7, 11) is 1.98. The molecule has 108 valence electrons. The molecular formula is C13H27ClN2OS. The van der Waals surface area contributed by atoms with Crippen molar-refractivity contribution in [2.45, 2.75) is 26.7 Å². The van der Waals surface area contributed by atoms with Gasteiger partial charge in [0.2, 0.25) is 5.91 Å². The molecule has 0 radical (unpaired) electrons. The van der Waals surface area contributed by atoms with Crippen molar-refractivity contribution in [1.29, 1.82) is 0 Å².